The van der Waals surface area contributed by atoms with Gasteiger partial charge >= 0.3 is 5.97 Å². The predicted molar refractivity (Wildman–Crippen MR) is 112 cm³/mol. The second-order valence-corrected chi connectivity index (χ2v) is 9.56. The monoisotopic (exact) mass is 459 g/mol. The highest BCUT2D eigenvalue weighted by molar-refractivity contribution is 7.89. The van der Waals surface area contributed by atoms with Gasteiger partial charge in [-0.3, -0.25) is 4.79 Å². The van der Waals surface area contributed by atoms with Gasteiger partial charge in [-0.25, -0.2) is 12.8 Å². The highest BCUT2D eigenvalue weighted by Crippen LogP contribution is 2.25. The second kappa shape index (κ2) is 9.17. The minimum Gasteiger partial charge on any atom is -0.455 e. The minimum absolute atomic E-state index is 0.122. The molecule has 1 aliphatic heterocycles. The van der Waals surface area contributed by atoms with Gasteiger partial charge in [0.2, 0.25) is 15.8 Å². The van der Waals surface area contributed by atoms with Crippen LogP contribution in [-0.2, 0) is 26.2 Å². The number of carbonyl (C=O) groups is 1. The molecule has 1 aliphatic rings. The third-order valence-electron chi connectivity index (χ3n) is 5.35. The Morgan fingerprint density at radius 3 is 2.44 bits per heavy atom. The maximum Gasteiger partial charge on any atom is 0.309 e. The molecule has 168 valence electrons. The van der Waals surface area contributed by atoms with Crippen LogP contribution in [0.15, 0.2) is 57.9 Å². The van der Waals surface area contributed by atoms with E-state index in [1.54, 1.807) is 24.3 Å². The maximum absolute atomic E-state index is 13.0. The zero-order chi connectivity index (χ0) is 22.7. The molecule has 2 aromatic carbocycles. The van der Waals surface area contributed by atoms with Crippen molar-refractivity contribution in [2.75, 3.05) is 13.1 Å². The summed E-state index contributed by atoms with van der Waals surface area (Å²) in [6.07, 6.45) is 0.739. The average Bonchev–Trinajstić information content (AvgIpc) is 3.27. The first-order valence-corrected chi connectivity index (χ1v) is 11.6. The summed E-state index contributed by atoms with van der Waals surface area (Å²) in [4.78, 5) is 16.8. The lowest BCUT2D eigenvalue weighted by atomic mass is 9.98. The molecule has 8 nitrogen and oxygen atoms in total. The van der Waals surface area contributed by atoms with Gasteiger partial charge in [-0.15, -0.1) is 0 Å². The molecule has 0 bridgehead atoms. The SMILES string of the molecule is Cc1ccc(S(=O)(=O)N2CCC(C(=O)OCc3nc(-c4ccc(F)cc4)no3)CC2)cc1. The summed E-state index contributed by atoms with van der Waals surface area (Å²) in [5.74, 6) is -0.815. The smallest absolute Gasteiger partial charge is 0.309 e. The largest absolute Gasteiger partial charge is 0.455 e. The molecule has 0 radical (unpaired) electrons. The number of benzene rings is 2. The number of hydrogen-bond donors (Lipinski definition) is 0. The summed E-state index contributed by atoms with van der Waals surface area (Å²) in [7, 11) is -3.59. The number of sulfonamides is 1. The van der Waals surface area contributed by atoms with Gasteiger partial charge in [0.05, 0.1) is 10.8 Å². The van der Waals surface area contributed by atoms with Crippen molar-refractivity contribution in [2.45, 2.75) is 31.3 Å². The lowest BCUT2D eigenvalue weighted by molar-refractivity contribution is -0.152. The number of halogens is 1. The van der Waals surface area contributed by atoms with E-state index in [9.17, 15) is 17.6 Å². The zero-order valence-corrected chi connectivity index (χ0v) is 18.2. The number of nitrogens with zero attached hydrogens (tertiary/aromatic N) is 3. The lowest BCUT2D eigenvalue weighted by Crippen LogP contribution is -2.40. The van der Waals surface area contributed by atoms with Gasteiger partial charge in [0.25, 0.3) is 5.89 Å². The average molecular weight is 459 g/mol. The standard InChI is InChI=1S/C22H22FN3O5S/c1-15-2-8-19(9-3-15)32(28,29)26-12-10-17(11-13-26)22(27)30-14-20-24-21(25-31-20)16-4-6-18(23)7-5-16/h2-9,17H,10-14H2,1H3. The fraction of sp³-hybridized carbons (Fsp3) is 0.318. The van der Waals surface area contributed by atoms with Crippen molar-refractivity contribution in [1.82, 2.24) is 14.4 Å². The molecule has 1 fully saturated rings. The van der Waals surface area contributed by atoms with E-state index in [-0.39, 0.29) is 42.1 Å². The van der Waals surface area contributed by atoms with Crippen LogP contribution in [0.4, 0.5) is 4.39 Å². The van der Waals surface area contributed by atoms with Gasteiger partial charge in [-0.1, -0.05) is 22.9 Å². The maximum atomic E-state index is 13.0. The Hall–Kier alpha value is -3.11. The Morgan fingerprint density at radius 2 is 1.78 bits per heavy atom. The van der Waals surface area contributed by atoms with E-state index in [0.717, 1.165) is 5.56 Å². The molecule has 1 saturated heterocycles. The number of ether oxygens (including phenoxy) is 1. The summed E-state index contributed by atoms with van der Waals surface area (Å²) < 4.78 is 50.4. The van der Waals surface area contributed by atoms with Crippen molar-refractivity contribution in [1.29, 1.82) is 0 Å². The molecule has 0 saturated carbocycles. The van der Waals surface area contributed by atoms with E-state index in [4.69, 9.17) is 9.26 Å². The summed E-state index contributed by atoms with van der Waals surface area (Å²) in [6.45, 7) is 2.19. The molecular weight excluding hydrogens is 437 g/mol. The molecule has 10 heteroatoms. The van der Waals surface area contributed by atoms with Gasteiger partial charge in [-0.05, 0) is 56.2 Å². The van der Waals surface area contributed by atoms with E-state index in [2.05, 4.69) is 10.1 Å². The highest BCUT2D eigenvalue weighted by atomic mass is 32.2. The van der Waals surface area contributed by atoms with Gasteiger partial charge in [0.15, 0.2) is 6.61 Å². The van der Waals surface area contributed by atoms with Crippen molar-refractivity contribution in [3.05, 3.63) is 65.8 Å². The summed E-state index contributed by atoms with van der Waals surface area (Å²) in [5, 5.41) is 3.80. The molecule has 0 amide bonds. The molecule has 0 atom stereocenters. The number of hydrogen-bond acceptors (Lipinski definition) is 7. The Labute approximate surface area is 185 Å². The molecule has 1 aromatic heterocycles. The normalized spacial score (nSPS) is 15.6. The number of aromatic nitrogens is 2. The van der Waals surface area contributed by atoms with Gasteiger partial charge < -0.3 is 9.26 Å². The Morgan fingerprint density at radius 1 is 1.12 bits per heavy atom. The van der Waals surface area contributed by atoms with Crippen molar-refractivity contribution in [3.8, 4) is 11.4 Å². The van der Waals surface area contributed by atoms with Gasteiger partial charge in [0.1, 0.15) is 5.82 Å². The van der Waals surface area contributed by atoms with Crippen LogP contribution in [0.2, 0.25) is 0 Å². The molecule has 0 spiro atoms. The third-order valence-corrected chi connectivity index (χ3v) is 7.27. The van der Waals surface area contributed by atoms with E-state index in [0.29, 0.717) is 18.4 Å². The summed E-state index contributed by atoms with van der Waals surface area (Å²) in [5.41, 5.74) is 1.56. The number of esters is 1. The van der Waals surface area contributed by atoms with Crippen LogP contribution < -0.4 is 0 Å². The molecule has 3 aromatic rings. The summed E-state index contributed by atoms with van der Waals surface area (Å²) >= 11 is 0. The lowest BCUT2D eigenvalue weighted by Gasteiger charge is -2.30. The van der Waals surface area contributed by atoms with E-state index in [1.807, 2.05) is 6.92 Å². The van der Waals surface area contributed by atoms with E-state index >= 15 is 0 Å². The van der Waals surface area contributed by atoms with Crippen LogP contribution in [0.3, 0.4) is 0 Å². The van der Waals surface area contributed by atoms with Crippen LogP contribution in [0.1, 0.15) is 24.3 Å². The van der Waals surface area contributed by atoms with Crippen LogP contribution >= 0.6 is 0 Å². The third kappa shape index (κ3) is 4.86. The van der Waals surface area contributed by atoms with Gasteiger partial charge in [0, 0.05) is 18.7 Å². The Bertz CT molecular complexity index is 1190. The minimum atomic E-state index is -3.59. The van der Waals surface area contributed by atoms with E-state index in [1.165, 1.54) is 28.6 Å². The Balaban J connectivity index is 1.29. The molecular formula is C22H22FN3O5S. The molecule has 0 N–H and O–H groups in total. The van der Waals surface area contributed by atoms with Gasteiger partial charge in [-0.2, -0.15) is 9.29 Å². The number of carbonyl (C=O) groups excluding carboxylic acids is 1. The number of piperidine rings is 1. The molecule has 0 aliphatic carbocycles. The van der Waals surface area contributed by atoms with Crippen molar-refractivity contribution in [2.24, 2.45) is 5.92 Å². The highest BCUT2D eigenvalue weighted by Gasteiger charge is 2.33. The second-order valence-electron chi connectivity index (χ2n) is 7.62. The number of aryl methyl sites for hydroxylation is 1. The molecule has 0 unspecified atom stereocenters. The molecule has 2 heterocycles. The first-order chi connectivity index (χ1) is 15.3. The molecule has 4 rings (SSSR count). The van der Waals surface area contributed by atoms with Crippen LogP contribution in [0.25, 0.3) is 11.4 Å². The fourth-order valence-electron chi connectivity index (χ4n) is 3.47. The van der Waals surface area contributed by atoms with Crippen LogP contribution in [0, 0.1) is 18.7 Å². The first kappa shape index (κ1) is 22.1. The van der Waals surface area contributed by atoms with Crippen LogP contribution in [-0.4, -0.2) is 41.9 Å². The quantitative estimate of drug-likeness (QED) is 0.521. The topological polar surface area (TPSA) is 103 Å². The van der Waals surface area contributed by atoms with Crippen molar-refractivity contribution >= 4 is 16.0 Å². The van der Waals surface area contributed by atoms with E-state index < -0.39 is 21.9 Å². The zero-order valence-electron chi connectivity index (χ0n) is 17.4. The van der Waals surface area contributed by atoms with Crippen molar-refractivity contribution in [3.63, 3.8) is 0 Å². The Kier molecular flexibility index (Phi) is 6.33. The summed E-state index contributed by atoms with van der Waals surface area (Å²) in [6, 6.07) is 12.3. The van der Waals surface area contributed by atoms with Crippen LogP contribution in [0.5, 0.6) is 0 Å². The first-order valence-electron chi connectivity index (χ1n) is 10.1. The predicted octanol–water partition coefficient (Wildman–Crippen LogP) is 3.33. The fourth-order valence-corrected chi connectivity index (χ4v) is 4.94. The van der Waals surface area contributed by atoms with Crippen molar-refractivity contribution < 1.29 is 26.9 Å². The molecule has 32 heavy (non-hydrogen) atoms. The number of rotatable bonds is 6.